The number of rotatable bonds is 7. The van der Waals surface area contributed by atoms with Crippen molar-refractivity contribution in [2.75, 3.05) is 6.54 Å². The Morgan fingerprint density at radius 1 is 0.915 bits per heavy atom. The zero-order valence-corrected chi connectivity index (χ0v) is 26.1. The number of likely N-dealkylation sites (tertiary alicyclic amines) is 1. The second-order valence-electron chi connectivity index (χ2n) is 12.8. The normalized spacial score (nSPS) is 28.3. The highest BCUT2D eigenvalue weighted by Crippen LogP contribution is 2.64. The minimum atomic E-state index is -1.42. The summed E-state index contributed by atoms with van der Waals surface area (Å²) in [7, 11) is 0. The van der Waals surface area contributed by atoms with Gasteiger partial charge in [-0.05, 0) is 60.1 Å². The van der Waals surface area contributed by atoms with Crippen molar-refractivity contribution in [2.24, 2.45) is 23.7 Å². The molecule has 4 aliphatic rings. The molecule has 2 amide bonds. The quantitative estimate of drug-likeness (QED) is 0.247. The molecule has 6 unspecified atom stereocenters. The van der Waals surface area contributed by atoms with Crippen molar-refractivity contribution in [1.82, 2.24) is 4.90 Å². The molecule has 1 saturated carbocycles. The number of ketones is 2. The number of fused-ring (bicyclic) bond motifs is 4. The summed E-state index contributed by atoms with van der Waals surface area (Å²) in [4.78, 5) is 69.9. The van der Waals surface area contributed by atoms with Gasteiger partial charge in [-0.3, -0.25) is 28.9 Å². The van der Waals surface area contributed by atoms with Gasteiger partial charge in [-0.25, -0.2) is 0 Å². The molecule has 9 heteroatoms. The van der Waals surface area contributed by atoms with Crippen LogP contribution in [0.2, 0.25) is 5.02 Å². The SMILES string of the molecule is O=C(O)CCCN1C(=O)C2CC=C3C(CC4C(=O)C(c5ccccc5)=CC(=O)C4(c4ccccc4)C3c3ccc(O)cc3Cl)C2C1=O. The molecular formula is C38H32ClNO7. The molecule has 47 heavy (non-hydrogen) atoms. The first-order chi connectivity index (χ1) is 22.6. The molecular weight excluding hydrogens is 618 g/mol. The van der Waals surface area contributed by atoms with Crippen LogP contribution in [0.15, 0.2) is 96.6 Å². The molecule has 0 bridgehead atoms. The smallest absolute Gasteiger partial charge is 0.303 e. The minimum Gasteiger partial charge on any atom is -0.508 e. The monoisotopic (exact) mass is 649 g/mol. The summed E-state index contributed by atoms with van der Waals surface area (Å²) in [5.41, 5.74) is 1.45. The van der Waals surface area contributed by atoms with E-state index in [-0.39, 0.29) is 66.4 Å². The topological polar surface area (TPSA) is 129 Å². The largest absolute Gasteiger partial charge is 0.508 e. The molecule has 2 N–H and O–H groups in total. The van der Waals surface area contributed by atoms with E-state index in [0.717, 1.165) is 5.57 Å². The Hall–Kier alpha value is -4.82. The molecule has 8 nitrogen and oxygen atoms in total. The number of hydrogen-bond acceptors (Lipinski definition) is 6. The lowest BCUT2D eigenvalue weighted by molar-refractivity contribution is -0.142. The zero-order valence-electron chi connectivity index (χ0n) is 25.3. The van der Waals surface area contributed by atoms with Crippen LogP contribution in [0.1, 0.15) is 48.3 Å². The maximum atomic E-state index is 15.0. The van der Waals surface area contributed by atoms with Crippen molar-refractivity contribution in [2.45, 2.75) is 37.0 Å². The van der Waals surface area contributed by atoms with Gasteiger partial charge in [0.2, 0.25) is 11.8 Å². The molecule has 6 atom stereocenters. The van der Waals surface area contributed by atoms with E-state index in [1.54, 1.807) is 30.3 Å². The summed E-state index contributed by atoms with van der Waals surface area (Å²) in [6.45, 7) is 0.00191. The number of amides is 2. The Kier molecular flexibility index (Phi) is 7.71. The number of carbonyl (C=O) groups excluding carboxylic acids is 4. The van der Waals surface area contributed by atoms with E-state index in [1.807, 2.05) is 42.5 Å². The fraction of sp³-hybridized carbons (Fsp3) is 0.289. The van der Waals surface area contributed by atoms with E-state index in [1.165, 1.54) is 23.1 Å². The Labute approximate surface area is 276 Å². The number of phenols is 1. The lowest BCUT2D eigenvalue weighted by Crippen LogP contribution is -2.58. The third-order valence-electron chi connectivity index (χ3n) is 10.5. The van der Waals surface area contributed by atoms with Crippen molar-refractivity contribution >= 4 is 46.5 Å². The molecule has 7 rings (SSSR count). The predicted octanol–water partition coefficient (Wildman–Crippen LogP) is 5.73. The van der Waals surface area contributed by atoms with Gasteiger partial charge < -0.3 is 10.2 Å². The number of carbonyl (C=O) groups is 5. The number of hydrogen-bond donors (Lipinski definition) is 2. The highest BCUT2D eigenvalue weighted by Gasteiger charge is 2.66. The lowest BCUT2D eigenvalue weighted by Gasteiger charge is -2.55. The van der Waals surface area contributed by atoms with E-state index < -0.39 is 41.0 Å². The van der Waals surface area contributed by atoms with E-state index in [4.69, 9.17) is 16.7 Å². The van der Waals surface area contributed by atoms with Gasteiger partial charge in [-0.2, -0.15) is 0 Å². The highest BCUT2D eigenvalue weighted by atomic mass is 35.5. The number of nitrogens with zero attached hydrogens (tertiary/aromatic N) is 1. The van der Waals surface area contributed by atoms with Gasteiger partial charge in [0.05, 0.1) is 17.3 Å². The minimum absolute atomic E-state index is 0.00191. The fourth-order valence-corrected chi connectivity index (χ4v) is 8.93. The van der Waals surface area contributed by atoms with E-state index in [9.17, 15) is 29.1 Å². The van der Waals surface area contributed by atoms with Crippen molar-refractivity contribution in [3.05, 3.63) is 118 Å². The number of Topliss-reactive ketones (excluding diaryl/α,β-unsaturated/α-hetero) is 1. The first-order valence-electron chi connectivity index (χ1n) is 15.8. The number of phenolic OH excluding ortho intramolecular Hbond substituents is 1. The third kappa shape index (κ3) is 4.76. The molecule has 238 valence electrons. The predicted molar refractivity (Wildman–Crippen MR) is 173 cm³/mol. The van der Waals surface area contributed by atoms with Gasteiger partial charge in [0.15, 0.2) is 11.6 Å². The van der Waals surface area contributed by atoms with E-state index in [2.05, 4.69) is 0 Å². The number of aromatic hydroxyl groups is 1. The van der Waals surface area contributed by atoms with Crippen LogP contribution in [0.3, 0.4) is 0 Å². The number of halogens is 1. The van der Waals surface area contributed by atoms with Crippen LogP contribution >= 0.6 is 11.6 Å². The van der Waals surface area contributed by atoms with Crippen molar-refractivity contribution in [1.29, 1.82) is 0 Å². The van der Waals surface area contributed by atoms with Gasteiger partial charge in [-0.1, -0.05) is 90.0 Å². The Balaban J connectivity index is 1.44. The summed E-state index contributed by atoms with van der Waals surface area (Å²) in [5.74, 6) is -5.93. The van der Waals surface area contributed by atoms with Crippen LogP contribution in [0.5, 0.6) is 5.75 Å². The Morgan fingerprint density at radius 2 is 1.62 bits per heavy atom. The molecule has 1 aliphatic heterocycles. The number of carboxylic acid groups (broad SMARTS) is 1. The Morgan fingerprint density at radius 3 is 2.30 bits per heavy atom. The first-order valence-corrected chi connectivity index (χ1v) is 16.2. The summed E-state index contributed by atoms with van der Waals surface area (Å²) < 4.78 is 0. The summed E-state index contributed by atoms with van der Waals surface area (Å²) in [6.07, 6.45) is 3.77. The molecule has 0 radical (unpaired) electrons. The highest BCUT2D eigenvalue weighted by molar-refractivity contribution is 6.33. The maximum Gasteiger partial charge on any atom is 0.303 e. The summed E-state index contributed by atoms with van der Waals surface area (Å²) in [5, 5.41) is 19.7. The molecule has 0 aromatic heterocycles. The van der Waals surface area contributed by atoms with Crippen molar-refractivity contribution in [3.63, 3.8) is 0 Å². The van der Waals surface area contributed by atoms with Crippen LogP contribution in [0, 0.1) is 23.7 Å². The average molecular weight is 650 g/mol. The number of imide groups is 1. The van der Waals surface area contributed by atoms with Crippen LogP contribution < -0.4 is 0 Å². The molecule has 1 saturated heterocycles. The molecule has 0 spiro atoms. The van der Waals surface area contributed by atoms with Crippen LogP contribution in [-0.4, -0.2) is 51.0 Å². The van der Waals surface area contributed by atoms with Gasteiger partial charge in [0.25, 0.3) is 0 Å². The standard InChI is InChI=1S/C38H32ClNO7/c39-30-18-23(41)13-14-25(30)34-24-15-16-26-33(37(47)40(36(26)46)17-7-12-32(43)44)28(24)19-29-35(45)27(21-8-3-1-4-9-21)20-31(42)38(29,34)22-10-5-2-6-11-22/h1-6,8-11,13-15,18,20,26,28-29,33-34,41H,7,12,16-17,19H2,(H,43,44). The lowest BCUT2D eigenvalue weighted by atomic mass is 9.44. The van der Waals surface area contributed by atoms with Crippen molar-refractivity contribution < 1.29 is 34.2 Å². The second-order valence-corrected chi connectivity index (χ2v) is 13.2. The van der Waals surface area contributed by atoms with Crippen LogP contribution in [0.25, 0.3) is 5.57 Å². The van der Waals surface area contributed by atoms with Gasteiger partial charge in [-0.15, -0.1) is 0 Å². The number of aliphatic carboxylic acids is 1. The molecule has 1 heterocycles. The first kappa shape index (κ1) is 30.8. The van der Waals surface area contributed by atoms with Gasteiger partial charge in [0, 0.05) is 35.4 Å². The second kappa shape index (κ2) is 11.8. The van der Waals surface area contributed by atoms with Crippen molar-refractivity contribution in [3.8, 4) is 5.75 Å². The number of benzene rings is 3. The zero-order chi connectivity index (χ0) is 33.0. The van der Waals surface area contributed by atoms with E-state index in [0.29, 0.717) is 22.3 Å². The molecule has 3 aromatic carbocycles. The fourth-order valence-electron chi connectivity index (χ4n) is 8.64. The molecule has 2 fully saturated rings. The Bertz CT molecular complexity index is 1880. The number of allylic oxidation sites excluding steroid dienone is 4. The van der Waals surface area contributed by atoms with Gasteiger partial charge in [0.1, 0.15) is 5.75 Å². The molecule has 3 aliphatic carbocycles. The third-order valence-corrected chi connectivity index (χ3v) is 10.9. The summed E-state index contributed by atoms with van der Waals surface area (Å²) >= 11 is 6.88. The van der Waals surface area contributed by atoms with E-state index >= 15 is 0 Å². The summed E-state index contributed by atoms with van der Waals surface area (Å²) in [6, 6.07) is 22.8. The van der Waals surface area contributed by atoms with Gasteiger partial charge >= 0.3 is 5.97 Å². The number of carboxylic acids is 1. The average Bonchev–Trinajstić information content (AvgIpc) is 3.31. The van der Waals surface area contributed by atoms with Crippen LogP contribution in [0.4, 0.5) is 0 Å². The maximum absolute atomic E-state index is 15.0. The van der Waals surface area contributed by atoms with Crippen LogP contribution in [-0.2, 0) is 29.4 Å². The molecule has 3 aromatic rings.